The summed E-state index contributed by atoms with van der Waals surface area (Å²) in [5.74, 6) is -0.198. The molecule has 9 heteroatoms. The number of amides is 2. The molecule has 0 saturated carbocycles. The van der Waals surface area contributed by atoms with Crippen LogP contribution in [0.15, 0.2) is 60.7 Å². The Hall–Kier alpha value is -3.88. The molecule has 0 saturated heterocycles. The zero-order chi connectivity index (χ0) is 24.0. The lowest BCUT2D eigenvalue weighted by molar-refractivity contribution is -0.0493. The van der Waals surface area contributed by atoms with Crippen LogP contribution in [-0.4, -0.2) is 43.6 Å². The average molecular weight is 477 g/mol. The van der Waals surface area contributed by atoms with Crippen LogP contribution in [0.4, 0.5) is 10.7 Å². The zero-order valence-electron chi connectivity index (χ0n) is 18.2. The van der Waals surface area contributed by atoms with Gasteiger partial charge >= 0.3 is 6.09 Å². The Bertz CT molecular complexity index is 1450. The molecule has 4 N–H and O–H groups in total. The summed E-state index contributed by atoms with van der Waals surface area (Å²) in [6.07, 6.45) is -0.734. The maximum atomic E-state index is 13.4. The van der Waals surface area contributed by atoms with Crippen LogP contribution in [-0.2, 0) is 12.1 Å². The molecule has 1 atom stereocenters. The van der Waals surface area contributed by atoms with Gasteiger partial charge in [0.25, 0.3) is 5.91 Å². The molecule has 0 radical (unpaired) electrons. The van der Waals surface area contributed by atoms with Crippen molar-refractivity contribution >= 4 is 40.6 Å². The Kier molecular flexibility index (Phi) is 5.27. The highest BCUT2D eigenvalue weighted by Crippen LogP contribution is 2.43. The second kappa shape index (κ2) is 8.16. The number of aliphatic hydroxyl groups is 1. The SMILES string of the molecule is Cc1c(Cl)cccc1CCN1C(=O)c2ccccc2C1(O)c1ccc2[nH]c(NC(=O)O)nc2c1. The second-order valence-corrected chi connectivity index (χ2v) is 8.60. The van der Waals surface area contributed by atoms with Crippen LogP contribution in [0, 0.1) is 6.92 Å². The number of carbonyl (C=O) groups is 2. The largest absolute Gasteiger partial charge is 0.465 e. The molecule has 1 aliphatic heterocycles. The summed E-state index contributed by atoms with van der Waals surface area (Å²) in [6, 6.07) is 17.7. The molecule has 1 aromatic heterocycles. The monoisotopic (exact) mass is 476 g/mol. The van der Waals surface area contributed by atoms with Crippen molar-refractivity contribution in [1.29, 1.82) is 0 Å². The summed E-state index contributed by atoms with van der Waals surface area (Å²) in [5.41, 5.74) is 2.64. The summed E-state index contributed by atoms with van der Waals surface area (Å²) < 4.78 is 0. The molecule has 5 rings (SSSR count). The third kappa shape index (κ3) is 3.48. The van der Waals surface area contributed by atoms with E-state index in [2.05, 4.69) is 15.3 Å². The molecule has 3 aromatic carbocycles. The molecule has 2 heterocycles. The summed E-state index contributed by atoms with van der Waals surface area (Å²) in [4.78, 5) is 32.9. The van der Waals surface area contributed by atoms with Crippen LogP contribution in [0.3, 0.4) is 0 Å². The van der Waals surface area contributed by atoms with E-state index in [-0.39, 0.29) is 18.4 Å². The number of hydrogen-bond acceptors (Lipinski definition) is 4. The number of aromatic amines is 1. The lowest BCUT2D eigenvalue weighted by Gasteiger charge is -2.35. The first-order valence-corrected chi connectivity index (χ1v) is 11.0. The van der Waals surface area contributed by atoms with Crippen molar-refractivity contribution < 1.29 is 19.8 Å². The number of H-pyrrole nitrogens is 1. The number of aromatic nitrogens is 2. The minimum Gasteiger partial charge on any atom is -0.465 e. The third-order valence-corrected chi connectivity index (χ3v) is 6.67. The molecule has 172 valence electrons. The van der Waals surface area contributed by atoms with Crippen molar-refractivity contribution in [3.63, 3.8) is 0 Å². The van der Waals surface area contributed by atoms with E-state index in [4.69, 9.17) is 16.7 Å². The van der Waals surface area contributed by atoms with Gasteiger partial charge in [0.15, 0.2) is 5.72 Å². The highest BCUT2D eigenvalue weighted by molar-refractivity contribution is 6.31. The van der Waals surface area contributed by atoms with Crippen molar-refractivity contribution in [1.82, 2.24) is 14.9 Å². The minimum atomic E-state index is -1.71. The van der Waals surface area contributed by atoms with E-state index < -0.39 is 11.8 Å². The van der Waals surface area contributed by atoms with Gasteiger partial charge in [-0.2, -0.15) is 0 Å². The maximum Gasteiger partial charge on any atom is 0.411 e. The summed E-state index contributed by atoms with van der Waals surface area (Å²) in [6.45, 7) is 2.19. The maximum absolute atomic E-state index is 13.4. The fourth-order valence-corrected chi connectivity index (χ4v) is 4.72. The Morgan fingerprint density at radius 3 is 2.76 bits per heavy atom. The summed E-state index contributed by atoms with van der Waals surface area (Å²) in [5, 5.41) is 23.9. The molecule has 2 amide bonds. The molecule has 1 unspecified atom stereocenters. The number of anilines is 1. The Balaban J connectivity index is 1.57. The first-order chi connectivity index (χ1) is 16.3. The van der Waals surface area contributed by atoms with Crippen LogP contribution in [0.5, 0.6) is 0 Å². The standard InChI is InChI=1S/C25H21ClN4O4/c1-14-15(5-4-8-19(14)26)11-12-30-22(31)17-6-2-3-7-18(17)25(30,34)16-9-10-20-21(13-16)28-23(27-20)29-24(32)33/h2-10,13,34H,11-12H2,1H3,(H,32,33)(H2,27,28,29). The van der Waals surface area contributed by atoms with Gasteiger partial charge in [-0.05, 0) is 48.7 Å². The van der Waals surface area contributed by atoms with Crippen molar-refractivity contribution in [3.8, 4) is 0 Å². The van der Waals surface area contributed by atoms with Crippen LogP contribution in [0.2, 0.25) is 5.02 Å². The number of carboxylic acid groups (broad SMARTS) is 1. The van der Waals surface area contributed by atoms with Gasteiger partial charge in [0.2, 0.25) is 5.95 Å². The van der Waals surface area contributed by atoms with Crippen LogP contribution in [0.25, 0.3) is 11.0 Å². The Labute approximate surface area is 199 Å². The second-order valence-electron chi connectivity index (χ2n) is 8.20. The van der Waals surface area contributed by atoms with E-state index in [1.165, 1.54) is 4.90 Å². The van der Waals surface area contributed by atoms with Crippen LogP contribution < -0.4 is 5.32 Å². The first kappa shape index (κ1) is 21.9. The van der Waals surface area contributed by atoms with Gasteiger partial charge in [0.05, 0.1) is 11.0 Å². The van der Waals surface area contributed by atoms with E-state index in [0.29, 0.717) is 39.2 Å². The number of nitrogens with zero attached hydrogens (tertiary/aromatic N) is 2. The summed E-state index contributed by atoms with van der Waals surface area (Å²) >= 11 is 6.27. The number of halogens is 1. The zero-order valence-corrected chi connectivity index (χ0v) is 18.9. The number of carbonyl (C=O) groups excluding carboxylic acids is 1. The van der Waals surface area contributed by atoms with Gasteiger partial charge < -0.3 is 20.1 Å². The predicted octanol–water partition coefficient (Wildman–Crippen LogP) is 4.51. The number of nitrogens with one attached hydrogen (secondary N) is 2. The molecular formula is C25H21ClN4O4. The average Bonchev–Trinajstić information content (AvgIpc) is 3.31. The van der Waals surface area contributed by atoms with E-state index >= 15 is 0 Å². The van der Waals surface area contributed by atoms with Crippen LogP contribution >= 0.6 is 11.6 Å². The molecule has 1 aliphatic rings. The fraction of sp³-hybridized carbons (Fsp3) is 0.160. The van der Waals surface area contributed by atoms with Gasteiger partial charge in [-0.15, -0.1) is 0 Å². The molecule has 0 fully saturated rings. The first-order valence-electron chi connectivity index (χ1n) is 10.7. The molecule has 8 nitrogen and oxygen atoms in total. The van der Waals surface area contributed by atoms with Crippen molar-refractivity contribution in [3.05, 3.63) is 93.5 Å². The van der Waals surface area contributed by atoms with Crippen LogP contribution in [0.1, 0.15) is 32.6 Å². The lowest BCUT2D eigenvalue weighted by atomic mass is 9.93. The quantitative estimate of drug-likeness (QED) is 0.338. The van der Waals surface area contributed by atoms with E-state index in [9.17, 15) is 14.7 Å². The minimum absolute atomic E-state index is 0.0721. The third-order valence-electron chi connectivity index (χ3n) is 6.26. The number of benzene rings is 3. The van der Waals surface area contributed by atoms with E-state index in [1.807, 2.05) is 25.1 Å². The Morgan fingerprint density at radius 1 is 1.18 bits per heavy atom. The molecule has 0 aliphatic carbocycles. The number of hydrogen-bond donors (Lipinski definition) is 4. The van der Waals surface area contributed by atoms with Gasteiger partial charge in [0, 0.05) is 28.3 Å². The van der Waals surface area contributed by atoms with E-state index in [0.717, 1.165) is 11.1 Å². The number of fused-ring (bicyclic) bond motifs is 2. The highest BCUT2D eigenvalue weighted by Gasteiger charge is 2.49. The van der Waals surface area contributed by atoms with Gasteiger partial charge in [-0.25, -0.2) is 9.78 Å². The molecule has 0 spiro atoms. The van der Waals surface area contributed by atoms with Gasteiger partial charge in [-0.1, -0.05) is 48.0 Å². The van der Waals surface area contributed by atoms with Crippen molar-refractivity contribution in [2.45, 2.75) is 19.1 Å². The molecule has 34 heavy (non-hydrogen) atoms. The number of rotatable bonds is 5. The lowest BCUT2D eigenvalue weighted by Crippen LogP contribution is -2.45. The van der Waals surface area contributed by atoms with Crippen molar-refractivity contribution in [2.75, 3.05) is 11.9 Å². The predicted molar refractivity (Wildman–Crippen MR) is 128 cm³/mol. The fourth-order valence-electron chi connectivity index (χ4n) is 4.52. The Morgan fingerprint density at radius 2 is 1.97 bits per heavy atom. The van der Waals surface area contributed by atoms with E-state index in [1.54, 1.807) is 42.5 Å². The number of imidazole rings is 1. The van der Waals surface area contributed by atoms with Gasteiger partial charge in [0.1, 0.15) is 0 Å². The molecular weight excluding hydrogens is 456 g/mol. The molecule has 4 aromatic rings. The highest BCUT2D eigenvalue weighted by atomic mass is 35.5. The molecule has 0 bridgehead atoms. The van der Waals surface area contributed by atoms with Crippen molar-refractivity contribution in [2.24, 2.45) is 0 Å². The normalized spacial score (nSPS) is 17.3. The topological polar surface area (TPSA) is 119 Å². The smallest absolute Gasteiger partial charge is 0.411 e. The summed E-state index contributed by atoms with van der Waals surface area (Å²) in [7, 11) is 0. The van der Waals surface area contributed by atoms with Gasteiger partial charge in [-0.3, -0.25) is 10.1 Å².